The van der Waals surface area contributed by atoms with Crippen molar-refractivity contribution in [1.82, 2.24) is 0 Å². The van der Waals surface area contributed by atoms with Gasteiger partial charge < -0.3 is 9.64 Å². The third-order valence-electron chi connectivity index (χ3n) is 4.05. The standard InChI is InChI=1S/C16H12N2O4/c19-16-12-9-11(18(20)21)6-7-13(12)22-14-5-1-3-10-4-2-8-17(16)15(10)14/h1,3,5-7,9H,2,4,8H2. The first-order chi connectivity index (χ1) is 10.6. The van der Waals surface area contributed by atoms with Gasteiger partial charge in [-0.15, -0.1) is 0 Å². The predicted molar refractivity (Wildman–Crippen MR) is 79.6 cm³/mol. The highest BCUT2D eigenvalue weighted by Gasteiger charge is 2.32. The number of nitro benzene ring substituents is 1. The zero-order valence-electron chi connectivity index (χ0n) is 11.6. The van der Waals surface area contributed by atoms with Crippen LogP contribution < -0.4 is 9.64 Å². The van der Waals surface area contributed by atoms with Gasteiger partial charge in [-0.3, -0.25) is 14.9 Å². The molecule has 0 saturated carbocycles. The van der Waals surface area contributed by atoms with Gasteiger partial charge in [-0.1, -0.05) is 12.1 Å². The monoisotopic (exact) mass is 296 g/mol. The van der Waals surface area contributed by atoms with Crippen molar-refractivity contribution in [3.8, 4) is 11.5 Å². The second-order valence-corrected chi connectivity index (χ2v) is 5.36. The Morgan fingerprint density at radius 3 is 2.86 bits per heavy atom. The van der Waals surface area contributed by atoms with E-state index in [-0.39, 0.29) is 17.2 Å². The Hall–Kier alpha value is -2.89. The fraction of sp³-hybridized carbons (Fsp3) is 0.188. The number of benzene rings is 2. The molecule has 2 heterocycles. The number of carbonyl (C=O) groups is 1. The maximum atomic E-state index is 12.8. The first-order valence-electron chi connectivity index (χ1n) is 7.05. The van der Waals surface area contributed by atoms with Crippen molar-refractivity contribution in [1.29, 1.82) is 0 Å². The van der Waals surface area contributed by atoms with E-state index in [2.05, 4.69) is 0 Å². The number of hydrogen-bond donors (Lipinski definition) is 0. The highest BCUT2D eigenvalue weighted by Crippen LogP contribution is 2.43. The smallest absolute Gasteiger partial charge is 0.270 e. The van der Waals surface area contributed by atoms with Crippen LogP contribution >= 0.6 is 0 Å². The maximum Gasteiger partial charge on any atom is 0.270 e. The van der Waals surface area contributed by atoms with E-state index in [9.17, 15) is 14.9 Å². The van der Waals surface area contributed by atoms with E-state index < -0.39 is 4.92 Å². The van der Waals surface area contributed by atoms with Crippen molar-refractivity contribution in [2.24, 2.45) is 0 Å². The number of nitrogens with zero attached hydrogens (tertiary/aromatic N) is 2. The fourth-order valence-corrected chi connectivity index (χ4v) is 3.05. The second-order valence-electron chi connectivity index (χ2n) is 5.36. The van der Waals surface area contributed by atoms with Gasteiger partial charge in [-0.05, 0) is 30.5 Å². The van der Waals surface area contributed by atoms with Gasteiger partial charge in [0.05, 0.1) is 16.2 Å². The molecule has 110 valence electrons. The normalized spacial score (nSPS) is 15.5. The summed E-state index contributed by atoms with van der Waals surface area (Å²) in [7, 11) is 0. The number of aryl methyl sites for hydroxylation is 1. The highest BCUT2D eigenvalue weighted by molar-refractivity contribution is 6.10. The number of non-ortho nitro benzene ring substituents is 1. The number of fused-ring (bicyclic) bond motifs is 1. The van der Waals surface area contributed by atoms with E-state index in [1.165, 1.54) is 18.2 Å². The van der Waals surface area contributed by atoms with E-state index in [1.54, 1.807) is 4.90 Å². The van der Waals surface area contributed by atoms with Crippen molar-refractivity contribution < 1.29 is 14.5 Å². The van der Waals surface area contributed by atoms with E-state index in [0.29, 0.717) is 18.0 Å². The summed E-state index contributed by atoms with van der Waals surface area (Å²) in [6.07, 6.45) is 1.76. The number of anilines is 1. The zero-order valence-corrected chi connectivity index (χ0v) is 11.6. The van der Waals surface area contributed by atoms with Crippen LogP contribution in [0.15, 0.2) is 36.4 Å². The SMILES string of the molecule is O=C1c2cc([N+](=O)[O-])ccc2Oc2cccc3c2N1CCC3. The number of nitro groups is 1. The molecule has 0 spiro atoms. The van der Waals surface area contributed by atoms with E-state index >= 15 is 0 Å². The quantitative estimate of drug-likeness (QED) is 0.598. The molecule has 0 fully saturated rings. The number of para-hydroxylation sites is 1. The van der Waals surface area contributed by atoms with Crippen LogP contribution in [0, 0.1) is 10.1 Å². The third kappa shape index (κ3) is 1.77. The summed E-state index contributed by atoms with van der Waals surface area (Å²) < 4.78 is 5.87. The van der Waals surface area contributed by atoms with Crippen LogP contribution in [0.25, 0.3) is 0 Å². The predicted octanol–water partition coefficient (Wildman–Crippen LogP) is 3.29. The Labute approximate surface area is 126 Å². The summed E-state index contributed by atoms with van der Waals surface area (Å²) in [6, 6.07) is 9.84. The largest absolute Gasteiger partial charge is 0.454 e. The molecule has 0 bridgehead atoms. The Morgan fingerprint density at radius 2 is 2.05 bits per heavy atom. The first kappa shape index (κ1) is 12.8. The molecule has 2 aliphatic heterocycles. The minimum absolute atomic E-state index is 0.112. The van der Waals surface area contributed by atoms with Gasteiger partial charge in [0.1, 0.15) is 5.75 Å². The lowest BCUT2D eigenvalue weighted by molar-refractivity contribution is -0.384. The Balaban J connectivity index is 1.94. The summed E-state index contributed by atoms with van der Waals surface area (Å²) in [5.74, 6) is 0.737. The average Bonchev–Trinajstić information content (AvgIpc) is 2.65. The molecule has 0 atom stereocenters. The van der Waals surface area contributed by atoms with Crippen LogP contribution in [0.3, 0.4) is 0 Å². The molecular weight excluding hydrogens is 284 g/mol. The van der Waals surface area contributed by atoms with Gasteiger partial charge in [0, 0.05) is 18.7 Å². The number of ether oxygens (including phenoxy) is 1. The minimum Gasteiger partial charge on any atom is -0.454 e. The molecule has 1 amide bonds. The second kappa shape index (κ2) is 4.56. The Bertz CT molecular complexity index is 816. The van der Waals surface area contributed by atoms with Gasteiger partial charge in [0.2, 0.25) is 0 Å². The molecule has 0 aliphatic carbocycles. The van der Waals surface area contributed by atoms with Crippen LogP contribution in [0.2, 0.25) is 0 Å². The van der Waals surface area contributed by atoms with Gasteiger partial charge in [-0.25, -0.2) is 0 Å². The molecule has 0 N–H and O–H groups in total. The fourth-order valence-electron chi connectivity index (χ4n) is 3.05. The van der Waals surface area contributed by atoms with Gasteiger partial charge >= 0.3 is 0 Å². The van der Waals surface area contributed by atoms with Crippen LogP contribution in [0.4, 0.5) is 11.4 Å². The number of rotatable bonds is 1. The summed E-state index contributed by atoms with van der Waals surface area (Å²) in [4.78, 5) is 24.9. The van der Waals surface area contributed by atoms with E-state index in [4.69, 9.17) is 4.74 Å². The molecule has 6 heteroatoms. The van der Waals surface area contributed by atoms with Crippen molar-refractivity contribution in [2.45, 2.75) is 12.8 Å². The summed E-state index contributed by atoms with van der Waals surface area (Å²) in [5.41, 5.74) is 1.98. The molecule has 22 heavy (non-hydrogen) atoms. The van der Waals surface area contributed by atoms with Crippen molar-refractivity contribution >= 4 is 17.3 Å². The van der Waals surface area contributed by atoms with Crippen molar-refractivity contribution in [2.75, 3.05) is 11.4 Å². The Kier molecular flexibility index (Phi) is 2.66. The number of amides is 1. The van der Waals surface area contributed by atoms with Crippen LogP contribution in [0.1, 0.15) is 22.3 Å². The molecule has 0 saturated heterocycles. The third-order valence-corrected chi connectivity index (χ3v) is 4.05. The maximum absolute atomic E-state index is 12.8. The van der Waals surface area contributed by atoms with Crippen molar-refractivity contribution in [3.63, 3.8) is 0 Å². The van der Waals surface area contributed by atoms with Crippen molar-refractivity contribution in [3.05, 3.63) is 57.6 Å². The highest BCUT2D eigenvalue weighted by atomic mass is 16.6. The minimum atomic E-state index is -0.507. The molecule has 0 radical (unpaired) electrons. The lowest BCUT2D eigenvalue weighted by Gasteiger charge is -2.28. The zero-order chi connectivity index (χ0) is 15.3. The summed E-state index contributed by atoms with van der Waals surface area (Å²) >= 11 is 0. The molecule has 6 nitrogen and oxygen atoms in total. The van der Waals surface area contributed by atoms with E-state index in [0.717, 1.165) is 24.1 Å². The number of hydrogen-bond acceptors (Lipinski definition) is 4. The summed E-state index contributed by atoms with van der Waals surface area (Å²) in [6.45, 7) is 0.592. The topological polar surface area (TPSA) is 72.7 Å². The van der Waals surface area contributed by atoms with Gasteiger partial charge in [0.15, 0.2) is 5.75 Å². The van der Waals surface area contributed by atoms with Crippen LogP contribution in [0.5, 0.6) is 11.5 Å². The van der Waals surface area contributed by atoms with Gasteiger partial charge in [0.25, 0.3) is 11.6 Å². The molecule has 0 aromatic heterocycles. The van der Waals surface area contributed by atoms with Crippen LogP contribution in [-0.2, 0) is 6.42 Å². The molecular formula is C16H12N2O4. The summed E-state index contributed by atoms with van der Waals surface area (Å²) in [5, 5.41) is 11.0. The van der Waals surface area contributed by atoms with Crippen LogP contribution in [-0.4, -0.2) is 17.4 Å². The molecule has 2 aliphatic rings. The average molecular weight is 296 g/mol. The molecule has 0 unspecified atom stereocenters. The lowest BCUT2D eigenvalue weighted by Crippen LogP contribution is -2.34. The van der Waals surface area contributed by atoms with E-state index in [1.807, 2.05) is 18.2 Å². The molecule has 4 rings (SSSR count). The van der Waals surface area contributed by atoms with Gasteiger partial charge in [-0.2, -0.15) is 0 Å². The number of carbonyl (C=O) groups excluding carboxylic acids is 1. The Morgan fingerprint density at radius 1 is 1.18 bits per heavy atom. The first-order valence-corrected chi connectivity index (χ1v) is 7.05. The molecule has 2 aromatic rings. The lowest BCUT2D eigenvalue weighted by atomic mass is 10.0. The molecule has 2 aromatic carbocycles.